The van der Waals surface area contributed by atoms with Gasteiger partial charge in [0.25, 0.3) is 0 Å². The molecule has 0 radical (unpaired) electrons. The molecule has 2 aromatic heterocycles. The molecule has 190 valence electrons. The normalized spacial score (nSPS) is 12.8. The van der Waals surface area contributed by atoms with Gasteiger partial charge < -0.3 is 18.9 Å². The van der Waals surface area contributed by atoms with Gasteiger partial charge in [-0.25, -0.2) is 9.78 Å². The van der Waals surface area contributed by atoms with Crippen molar-refractivity contribution in [1.29, 1.82) is 0 Å². The van der Waals surface area contributed by atoms with Crippen LogP contribution < -0.4 is 4.74 Å². The molecule has 0 saturated carbocycles. The first-order valence-electron chi connectivity index (χ1n) is 11.7. The second-order valence-corrected chi connectivity index (χ2v) is 8.86. The van der Waals surface area contributed by atoms with Crippen LogP contribution in [0.15, 0.2) is 52.9 Å². The molecule has 1 unspecified atom stereocenters. The number of aromatic amines is 1. The zero-order valence-corrected chi connectivity index (χ0v) is 20.4. The van der Waals surface area contributed by atoms with Gasteiger partial charge in [-0.1, -0.05) is 20.8 Å². The fourth-order valence-corrected chi connectivity index (χ4v) is 3.85. The van der Waals surface area contributed by atoms with E-state index in [1.54, 1.807) is 19.1 Å². The van der Waals surface area contributed by atoms with E-state index in [9.17, 15) is 18.0 Å². The highest BCUT2D eigenvalue weighted by Crippen LogP contribution is 2.34. The maximum absolute atomic E-state index is 12.9. The first kappa shape index (κ1) is 25.3. The molecule has 36 heavy (non-hydrogen) atoms. The molecule has 0 saturated heterocycles. The number of carbonyl (C=O) groups is 1. The highest BCUT2D eigenvalue weighted by Gasteiger charge is 2.30. The maximum Gasteiger partial charge on any atom is 0.416 e. The summed E-state index contributed by atoms with van der Waals surface area (Å²) in [4.78, 5) is 19.6. The van der Waals surface area contributed by atoms with E-state index in [1.807, 2.05) is 32.9 Å². The number of hydrogen-bond donors (Lipinski definition) is 1. The second kappa shape index (κ2) is 10.1. The van der Waals surface area contributed by atoms with E-state index < -0.39 is 17.7 Å². The third-order valence-electron chi connectivity index (χ3n) is 5.72. The van der Waals surface area contributed by atoms with Gasteiger partial charge in [0.05, 0.1) is 30.4 Å². The van der Waals surface area contributed by atoms with Gasteiger partial charge in [0.1, 0.15) is 17.2 Å². The summed E-state index contributed by atoms with van der Waals surface area (Å²) in [6.45, 7) is 8.23. The number of hydrogen-bond acceptors (Lipinski definition) is 5. The number of aromatic nitrogens is 2. The van der Waals surface area contributed by atoms with Gasteiger partial charge in [0.2, 0.25) is 5.89 Å². The molecule has 2 aromatic carbocycles. The summed E-state index contributed by atoms with van der Waals surface area (Å²) in [6.07, 6.45) is -4.40. The average Bonchev–Trinajstić information content (AvgIpc) is 3.47. The lowest BCUT2D eigenvalue weighted by atomic mass is 10.0. The second-order valence-electron chi connectivity index (χ2n) is 8.86. The van der Waals surface area contributed by atoms with Crippen LogP contribution in [0, 0.1) is 0 Å². The number of oxazole rings is 1. The molecule has 0 amide bonds. The van der Waals surface area contributed by atoms with E-state index in [2.05, 4.69) is 9.97 Å². The number of nitrogens with zero attached hydrogens (tertiary/aromatic N) is 1. The van der Waals surface area contributed by atoms with Crippen LogP contribution in [-0.4, -0.2) is 29.2 Å². The standard InChI is InChI=1S/C27H27F3N2O4/c1-5-34-26(33)22-13-18-12-20(10-11-21(18)31-22)35-14-16(4)24-23(15(2)3)32-25(36-24)17-6-8-19(9-7-17)27(28,29)30/h6-13,15-16,31H,5,14H2,1-4H3. The van der Waals surface area contributed by atoms with Crippen LogP contribution in [0.2, 0.25) is 0 Å². The monoisotopic (exact) mass is 500 g/mol. The Labute approximate surface area is 206 Å². The Morgan fingerprint density at radius 1 is 1.08 bits per heavy atom. The van der Waals surface area contributed by atoms with E-state index >= 15 is 0 Å². The van der Waals surface area contributed by atoms with Crippen LogP contribution in [0.4, 0.5) is 13.2 Å². The maximum atomic E-state index is 12.9. The van der Waals surface area contributed by atoms with E-state index in [0.717, 1.165) is 28.7 Å². The number of halogens is 3. The number of carbonyl (C=O) groups excluding carboxylic acids is 1. The van der Waals surface area contributed by atoms with Crippen molar-refractivity contribution in [2.45, 2.75) is 45.7 Å². The molecule has 4 aromatic rings. The first-order valence-corrected chi connectivity index (χ1v) is 11.7. The Hall–Kier alpha value is -3.75. The molecule has 0 aliphatic carbocycles. The van der Waals surface area contributed by atoms with Crippen molar-refractivity contribution >= 4 is 16.9 Å². The number of nitrogens with one attached hydrogen (secondary N) is 1. The van der Waals surface area contributed by atoms with Crippen molar-refractivity contribution in [3.05, 3.63) is 71.2 Å². The molecule has 0 aliphatic heterocycles. The Kier molecular flexibility index (Phi) is 7.10. The largest absolute Gasteiger partial charge is 0.493 e. The number of esters is 1. The van der Waals surface area contributed by atoms with Gasteiger partial charge in [-0.2, -0.15) is 13.2 Å². The van der Waals surface area contributed by atoms with E-state index in [1.165, 1.54) is 12.1 Å². The quantitative estimate of drug-likeness (QED) is 0.256. The molecule has 0 fully saturated rings. The molecule has 1 atom stereocenters. The van der Waals surface area contributed by atoms with Crippen LogP contribution in [0.1, 0.15) is 67.0 Å². The summed E-state index contributed by atoms with van der Waals surface area (Å²) in [7, 11) is 0. The highest BCUT2D eigenvalue weighted by molar-refractivity contribution is 5.95. The van der Waals surface area contributed by atoms with Crippen molar-refractivity contribution < 1.29 is 31.9 Å². The third kappa shape index (κ3) is 5.40. The lowest BCUT2D eigenvalue weighted by Crippen LogP contribution is -2.09. The Balaban J connectivity index is 1.51. The molecule has 0 bridgehead atoms. The fraction of sp³-hybridized carbons (Fsp3) is 0.333. The molecular formula is C27H27F3N2O4. The van der Waals surface area contributed by atoms with Gasteiger partial charge in [-0.3, -0.25) is 0 Å². The lowest BCUT2D eigenvalue weighted by Gasteiger charge is -2.13. The summed E-state index contributed by atoms with van der Waals surface area (Å²) in [5.41, 5.74) is 1.65. The van der Waals surface area contributed by atoms with E-state index in [0.29, 0.717) is 36.0 Å². The van der Waals surface area contributed by atoms with Crippen molar-refractivity contribution in [3.8, 4) is 17.2 Å². The smallest absolute Gasteiger partial charge is 0.416 e. The number of rotatable bonds is 8. The van der Waals surface area contributed by atoms with Gasteiger partial charge >= 0.3 is 12.1 Å². The molecule has 0 aliphatic rings. The van der Waals surface area contributed by atoms with Gasteiger partial charge in [-0.05, 0) is 61.4 Å². The van der Waals surface area contributed by atoms with Crippen LogP contribution in [0.5, 0.6) is 5.75 Å². The minimum absolute atomic E-state index is 0.0481. The number of benzene rings is 2. The lowest BCUT2D eigenvalue weighted by molar-refractivity contribution is -0.137. The van der Waals surface area contributed by atoms with Crippen molar-refractivity contribution in [3.63, 3.8) is 0 Å². The average molecular weight is 501 g/mol. The summed E-state index contributed by atoms with van der Waals surface area (Å²) in [5, 5.41) is 0.815. The van der Waals surface area contributed by atoms with Gasteiger partial charge in [0.15, 0.2) is 0 Å². The van der Waals surface area contributed by atoms with Crippen molar-refractivity contribution in [2.75, 3.05) is 13.2 Å². The molecule has 2 heterocycles. The summed E-state index contributed by atoms with van der Waals surface area (Å²) >= 11 is 0. The fourth-order valence-electron chi connectivity index (χ4n) is 3.85. The van der Waals surface area contributed by atoms with Crippen LogP contribution >= 0.6 is 0 Å². The predicted octanol–water partition coefficient (Wildman–Crippen LogP) is 7.32. The number of alkyl halides is 3. The first-order chi connectivity index (χ1) is 17.1. The zero-order chi connectivity index (χ0) is 26.0. The molecule has 6 nitrogen and oxygen atoms in total. The van der Waals surface area contributed by atoms with Crippen molar-refractivity contribution in [2.24, 2.45) is 0 Å². The van der Waals surface area contributed by atoms with Crippen LogP contribution in [0.3, 0.4) is 0 Å². The van der Waals surface area contributed by atoms with Gasteiger partial charge in [-0.15, -0.1) is 0 Å². The number of fused-ring (bicyclic) bond motifs is 1. The molecule has 4 rings (SSSR count). The summed E-state index contributed by atoms with van der Waals surface area (Å²) in [6, 6.07) is 11.9. The summed E-state index contributed by atoms with van der Waals surface area (Å²) < 4.78 is 55.8. The van der Waals surface area contributed by atoms with Gasteiger partial charge in [0, 0.05) is 16.5 Å². The molecule has 9 heteroatoms. The highest BCUT2D eigenvalue weighted by atomic mass is 19.4. The zero-order valence-electron chi connectivity index (χ0n) is 20.4. The molecule has 1 N–H and O–H groups in total. The van der Waals surface area contributed by atoms with E-state index in [4.69, 9.17) is 13.9 Å². The minimum Gasteiger partial charge on any atom is -0.493 e. The molecular weight excluding hydrogens is 473 g/mol. The van der Waals surface area contributed by atoms with Crippen molar-refractivity contribution in [1.82, 2.24) is 9.97 Å². The third-order valence-corrected chi connectivity index (χ3v) is 5.72. The Bertz CT molecular complexity index is 1350. The van der Waals surface area contributed by atoms with Crippen LogP contribution in [-0.2, 0) is 10.9 Å². The number of ether oxygens (including phenoxy) is 2. The summed E-state index contributed by atoms with van der Waals surface area (Å²) in [5.74, 6) is 0.987. The SMILES string of the molecule is CCOC(=O)c1cc2cc(OCC(C)c3oc(-c4ccc(C(F)(F)F)cc4)nc3C(C)C)ccc2[nH]1. The number of H-pyrrole nitrogens is 1. The Morgan fingerprint density at radius 2 is 1.81 bits per heavy atom. The predicted molar refractivity (Wildman–Crippen MR) is 129 cm³/mol. The van der Waals surface area contributed by atoms with Crippen LogP contribution in [0.25, 0.3) is 22.4 Å². The van der Waals surface area contributed by atoms with E-state index in [-0.39, 0.29) is 17.7 Å². The molecule has 0 spiro atoms. The topological polar surface area (TPSA) is 77.3 Å². The Morgan fingerprint density at radius 3 is 2.44 bits per heavy atom. The minimum atomic E-state index is -4.40.